The molecule has 478 valence electrons. The van der Waals surface area contributed by atoms with Gasteiger partial charge in [-0.25, -0.2) is 4.57 Å². The number of carbonyl (C=O) groups excluding carboxylic acids is 2. The first kappa shape index (κ1) is 79.5. The van der Waals surface area contributed by atoms with Crippen LogP contribution in [0.1, 0.15) is 323 Å². The highest BCUT2D eigenvalue weighted by atomic mass is 31.2. The molecular weight excluding hydrogens is 1040 g/mol. The SMILES string of the molecule is CCCCC/C=C\C/C=C\C/C=C\CCCCCCCCCCCCCCCCC(=O)OC(/C=C\CCCCCCCCCCCC)C(COP(=O)(O)OCC[N+](C)(C)C)NC(=O)CCCCCCCCC/C=C\C/C=C\CCCCC. The molecule has 9 nitrogen and oxygen atoms in total. The van der Waals surface area contributed by atoms with E-state index < -0.39 is 20.0 Å². The van der Waals surface area contributed by atoms with Crippen molar-refractivity contribution < 1.29 is 37.3 Å². The summed E-state index contributed by atoms with van der Waals surface area (Å²) in [5.41, 5.74) is 0. The summed E-state index contributed by atoms with van der Waals surface area (Å²) in [6.07, 6.45) is 80.5. The number of unbranched alkanes of at least 4 members (excludes halogenated alkanes) is 37. The number of quaternary nitrogens is 1. The highest BCUT2D eigenvalue weighted by Crippen LogP contribution is 2.43. The van der Waals surface area contributed by atoms with Crippen molar-refractivity contribution in [2.24, 2.45) is 0 Å². The minimum Gasteiger partial charge on any atom is -0.456 e. The Hall–Kier alpha value is -2.55. The molecule has 0 heterocycles. The zero-order valence-electron chi connectivity index (χ0n) is 54.7. The molecule has 3 atom stereocenters. The highest BCUT2D eigenvalue weighted by Gasteiger charge is 2.30. The molecule has 1 amide bonds. The summed E-state index contributed by atoms with van der Waals surface area (Å²) in [6.45, 7) is 6.98. The largest absolute Gasteiger partial charge is 0.472 e. The van der Waals surface area contributed by atoms with Crippen molar-refractivity contribution in [1.29, 1.82) is 0 Å². The van der Waals surface area contributed by atoms with E-state index in [9.17, 15) is 19.0 Å². The molecule has 0 aliphatic rings. The lowest BCUT2D eigenvalue weighted by Gasteiger charge is -2.27. The Bertz CT molecular complexity index is 1630. The number of ether oxygens (including phenoxy) is 1. The van der Waals surface area contributed by atoms with Gasteiger partial charge in [0.15, 0.2) is 0 Å². The summed E-state index contributed by atoms with van der Waals surface area (Å²) in [4.78, 5) is 37.8. The van der Waals surface area contributed by atoms with Crippen LogP contribution in [0.5, 0.6) is 0 Å². The molecule has 0 spiro atoms. The number of phosphoric acid groups is 1. The molecule has 0 aromatic carbocycles. The van der Waals surface area contributed by atoms with Crippen molar-refractivity contribution in [2.45, 2.75) is 335 Å². The summed E-state index contributed by atoms with van der Waals surface area (Å²) in [6, 6.07) is -0.855. The molecule has 82 heavy (non-hydrogen) atoms. The van der Waals surface area contributed by atoms with Gasteiger partial charge >= 0.3 is 13.8 Å². The smallest absolute Gasteiger partial charge is 0.456 e. The third-order valence-corrected chi connectivity index (χ3v) is 16.4. The molecule has 0 aliphatic heterocycles. The van der Waals surface area contributed by atoms with E-state index >= 15 is 0 Å². The fraction of sp³-hybridized carbons (Fsp3) is 0.806. The Morgan fingerprint density at radius 3 is 1.13 bits per heavy atom. The molecule has 0 fully saturated rings. The van der Waals surface area contributed by atoms with E-state index in [0.29, 0.717) is 17.4 Å². The van der Waals surface area contributed by atoms with E-state index in [-0.39, 0.29) is 31.5 Å². The van der Waals surface area contributed by atoms with Crippen molar-refractivity contribution in [1.82, 2.24) is 5.32 Å². The van der Waals surface area contributed by atoms with Crippen LogP contribution in [-0.2, 0) is 27.9 Å². The summed E-state index contributed by atoms with van der Waals surface area (Å²) in [5, 5.41) is 3.06. The molecule has 10 heteroatoms. The molecule has 0 radical (unpaired) electrons. The van der Waals surface area contributed by atoms with Gasteiger partial charge in [-0.15, -0.1) is 0 Å². The Labute approximate surface area is 508 Å². The number of amides is 1. The molecule has 0 rings (SSSR count). The van der Waals surface area contributed by atoms with Crippen LogP contribution >= 0.6 is 7.82 Å². The van der Waals surface area contributed by atoms with Crippen molar-refractivity contribution in [2.75, 3.05) is 40.9 Å². The molecule has 0 saturated carbocycles. The van der Waals surface area contributed by atoms with Crippen molar-refractivity contribution in [3.63, 3.8) is 0 Å². The molecule has 0 aliphatic carbocycles. The van der Waals surface area contributed by atoms with Crippen LogP contribution in [0.2, 0.25) is 0 Å². The average Bonchev–Trinajstić information content (AvgIpc) is 3.44. The first-order chi connectivity index (χ1) is 39.9. The number of rotatable bonds is 63. The lowest BCUT2D eigenvalue weighted by molar-refractivity contribution is -0.870. The van der Waals surface area contributed by atoms with Gasteiger partial charge in [0, 0.05) is 12.8 Å². The predicted molar refractivity (Wildman–Crippen MR) is 355 cm³/mol. The molecule has 0 saturated heterocycles. The Morgan fingerprint density at radius 1 is 0.427 bits per heavy atom. The number of nitrogens with zero attached hydrogens (tertiary/aromatic N) is 1. The van der Waals surface area contributed by atoms with E-state index in [0.717, 1.165) is 89.9 Å². The van der Waals surface area contributed by atoms with Crippen LogP contribution in [-0.4, -0.2) is 74.3 Å². The molecule has 3 unspecified atom stereocenters. The molecular formula is C72H134N2O7P+. The second-order valence-corrected chi connectivity index (χ2v) is 26.1. The van der Waals surface area contributed by atoms with Gasteiger partial charge in [-0.2, -0.15) is 0 Å². The summed E-state index contributed by atoms with van der Waals surface area (Å²) >= 11 is 0. The Kier molecular flexibility index (Phi) is 59.6. The first-order valence-corrected chi connectivity index (χ1v) is 36.3. The fourth-order valence-electron chi connectivity index (χ4n) is 9.98. The van der Waals surface area contributed by atoms with E-state index in [2.05, 4.69) is 86.8 Å². The van der Waals surface area contributed by atoms with Gasteiger partial charge in [0.2, 0.25) is 5.91 Å². The molecule has 0 aromatic rings. The zero-order chi connectivity index (χ0) is 60.0. The average molecular weight is 1170 g/mol. The Balaban J connectivity index is 5.04. The number of allylic oxidation sites excluding steroid dienone is 11. The number of carbonyl (C=O) groups is 2. The van der Waals surface area contributed by atoms with Gasteiger partial charge in [-0.1, -0.05) is 280 Å². The number of hydrogen-bond acceptors (Lipinski definition) is 6. The molecule has 0 aromatic heterocycles. The lowest BCUT2D eigenvalue weighted by Crippen LogP contribution is -2.47. The van der Waals surface area contributed by atoms with Gasteiger partial charge in [-0.3, -0.25) is 18.6 Å². The van der Waals surface area contributed by atoms with Gasteiger partial charge in [-0.05, 0) is 102 Å². The topological polar surface area (TPSA) is 111 Å². The maximum atomic E-state index is 13.6. The third-order valence-electron chi connectivity index (χ3n) is 15.4. The van der Waals surface area contributed by atoms with Gasteiger partial charge < -0.3 is 19.4 Å². The van der Waals surface area contributed by atoms with Crippen LogP contribution in [0, 0.1) is 0 Å². The van der Waals surface area contributed by atoms with Crippen molar-refractivity contribution >= 4 is 19.7 Å². The standard InChI is InChI=1S/C72H133N2O7P/c1-7-10-13-16-19-22-25-28-30-32-33-34-35-36-37-38-39-40-41-43-45-47-50-53-56-59-62-65-72(76)81-70(63-60-57-54-51-48-27-24-21-18-15-12-9-3)69(68-80-82(77,78)79-67-66-74(4,5)6)73-71(75)64-61-58-55-52-49-46-44-42-31-29-26-23-20-17-14-11-8-2/h19-20,22-23,28-31,33-34,60,63,69-70H,7-18,21,24-27,32,35-59,61-62,64-68H2,1-6H3,(H-,73,75,77,78)/p+1/b22-19-,23-20-,30-28-,31-29-,34-33-,63-60-. The predicted octanol–water partition coefficient (Wildman–Crippen LogP) is 22.0. The maximum absolute atomic E-state index is 13.6. The van der Waals surface area contributed by atoms with Gasteiger partial charge in [0.1, 0.15) is 19.3 Å². The number of hydrogen-bond donors (Lipinski definition) is 2. The van der Waals surface area contributed by atoms with E-state index in [4.69, 9.17) is 13.8 Å². The summed E-state index contributed by atoms with van der Waals surface area (Å²) < 4.78 is 30.8. The van der Waals surface area contributed by atoms with E-state index in [1.54, 1.807) is 0 Å². The van der Waals surface area contributed by atoms with E-state index in [1.165, 1.54) is 199 Å². The zero-order valence-corrected chi connectivity index (χ0v) is 55.6. The normalized spacial score (nSPS) is 14.0. The summed E-state index contributed by atoms with van der Waals surface area (Å²) in [5.74, 6) is -0.507. The van der Waals surface area contributed by atoms with Gasteiger partial charge in [0.25, 0.3) is 0 Å². The number of phosphoric ester groups is 1. The number of esters is 1. The van der Waals surface area contributed by atoms with Crippen LogP contribution in [0.25, 0.3) is 0 Å². The van der Waals surface area contributed by atoms with E-state index in [1.807, 2.05) is 33.3 Å². The molecule has 0 bridgehead atoms. The van der Waals surface area contributed by atoms with Crippen LogP contribution in [0.3, 0.4) is 0 Å². The van der Waals surface area contributed by atoms with Crippen molar-refractivity contribution in [3.8, 4) is 0 Å². The first-order valence-electron chi connectivity index (χ1n) is 34.8. The van der Waals surface area contributed by atoms with Crippen LogP contribution in [0.4, 0.5) is 0 Å². The Morgan fingerprint density at radius 2 is 0.744 bits per heavy atom. The van der Waals surface area contributed by atoms with Gasteiger partial charge in [0.05, 0.1) is 33.8 Å². The number of likely N-dealkylation sites (N-methyl/N-ethyl adjacent to an activating group) is 1. The lowest BCUT2D eigenvalue weighted by atomic mass is 10.0. The molecule has 2 N–H and O–H groups in total. The minimum atomic E-state index is -4.46. The quantitative estimate of drug-likeness (QED) is 0.0205. The second-order valence-electron chi connectivity index (χ2n) is 24.7. The fourth-order valence-corrected chi connectivity index (χ4v) is 10.7. The van der Waals surface area contributed by atoms with Crippen LogP contribution < -0.4 is 5.32 Å². The monoisotopic (exact) mass is 1170 g/mol. The summed E-state index contributed by atoms with van der Waals surface area (Å²) in [7, 11) is 1.49. The minimum absolute atomic E-state index is 0.0375. The highest BCUT2D eigenvalue weighted by molar-refractivity contribution is 7.47. The second kappa shape index (κ2) is 61.5. The van der Waals surface area contributed by atoms with Crippen LogP contribution in [0.15, 0.2) is 72.9 Å². The third kappa shape index (κ3) is 62.0. The maximum Gasteiger partial charge on any atom is 0.472 e. The van der Waals surface area contributed by atoms with Crippen molar-refractivity contribution in [3.05, 3.63) is 72.9 Å². The number of nitrogens with one attached hydrogen (secondary N) is 1.